The molecule has 0 heterocycles. The molecule has 0 atom stereocenters. The van der Waals surface area contributed by atoms with E-state index in [1.54, 1.807) is 0 Å². The lowest BCUT2D eigenvalue weighted by Gasteiger charge is -2.23. The molecule has 1 N–H and O–H groups in total. The van der Waals surface area contributed by atoms with Gasteiger partial charge < -0.3 is 10.1 Å². The van der Waals surface area contributed by atoms with E-state index in [1.165, 1.54) is 0 Å². The van der Waals surface area contributed by atoms with E-state index >= 15 is 0 Å². The quantitative estimate of drug-likeness (QED) is 0.606. The summed E-state index contributed by atoms with van der Waals surface area (Å²) in [4.78, 5) is 0. The van der Waals surface area contributed by atoms with Gasteiger partial charge in [0.05, 0.1) is 12.7 Å². The fourth-order valence-electron chi connectivity index (χ4n) is 1.20. The van der Waals surface area contributed by atoms with Crippen molar-refractivity contribution < 1.29 is 4.74 Å². The lowest BCUT2D eigenvalue weighted by molar-refractivity contribution is 0.146. The Morgan fingerprint density at radius 1 is 1.43 bits per heavy atom. The van der Waals surface area contributed by atoms with Crippen molar-refractivity contribution in [2.75, 3.05) is 26.3 Å². The van der Waals surface area contributed by atoms with Crippen LogP contribution in [0.3, 0.4) is 0 Å². The summed E-state index contributed by atoms with van der Waals surface area (Å²) in [5.41, 5.74) is 0.210. The zero-order valence-electron chi connectivity index (χ0n) is 9.60. The maximum atomic E-state index is 8.48. The van der Waals surface area contributed by atoms with Crippen LogP contribution in [-0.4, -0.2) is 26.3 Å². The molecule has 0 bridgehead atoms. The summed E-state index contributed by atoms with van der Waals surface area (Å²) in [6, 6.07) is 2.18. The number of nitrogens with one attached hydrogen (secondary N) is 1. The highest BCUT2D eigenvalue weighted by Crippen LogP contribution is 2.20. The lowest BCUT2D eigenvalue weighted by Crippen LogP contribution is -2.31. The summed E-state index contributed by atoms with van der Waals surface area (Å²) in [6.45, 7) is 9.74. The van der Waals surface area contributed by atoms with E-state index in [-0.39, 0.29) is 5.41 Å². The Balaban J connectivity index is 3.41. The minimum Gasteiger partial charge on any atom is -0.380 e. The molecule has 3 heteroatoms. The van der Waals surface area contributed by atoms with Gasteiger partial charge in [-0.1, -0.05) is 13.8 Å². The number of hydrogen-bond acceptors (Lipinski definition) is 3. The topological polar surface area (TPSA) is 45.0 Å². The molecule has 0 saturated carbocycles. The van der Waals surface area contributed by atoms with Crippen LogP contribution in [0.4, 0.5) is 0 Å². The van der Waals surface area contributed by atoms with Crippen molar-refractivity contribution in [3.8, 4) is 6.07 Å². The van der Waals surface area contributed by atoms with E-state index in [1.807, 2.05) is 6.92 Å². The Bertz CT molecular complexity index is 173. The van der Waals surface area contributed by atoms with Gasteiger partial charge in [-0.3, -0.25) is 0 Å². The number of nitrogens with zero attached hydrogens (tertiary/aromatic N) is 1. The van der Waals surface area contributed by atoms with Gasteiger partial charge in [0.15, 0.2) is 0 Å². The van der Waals surface area contributed by atoms with E-state index in [0.29, 0.717) is 6.42 Å². The van der Waals surface area contributed by atoms with Crippen LogP contribution < -0.4 is 5.32 Å². The van der Waals surface area contributed by atoms with Crippen molar-refractivity contribution in [2.45, 2.75) is 33.6 Å². The van der Waals surface area contributed by atoms with E-state index in [9.17, 15) is 0 Å². The largest absolute Gasteiger partial charge is 0.380 e. The Morgan fingerprint density at radius 3 is 2.71 bits per heavy atom. The van der Waals surface area contributed by atoms with Crippen molar-refractivity contribution >= 4 is 0 Å². The third-order valence-electron chi connectivity index (χ3n) is 2.14. The average Bonchev–Trinajstić information content (AvgIpc) is 2.15. The predicted molar refractivity (Wildman–Crippen MR) is 58.0 cm³/mol. The van der Waals surface area contributed by atoms with Crippen LogP contribution in [0.25, 0.3) is 0 Å². The average molecular weight is 198 g/mol. The summed E-state index contributed by atoms with van der Waals surface area (Å²) >= 11 is 0. The Kier molecular flexibility index (Phi) is 7.45. The first kappa shape index (κ1) is 13.4. The van der Waals surface area contributed by atoms with Crippen LogP contribution in [0.5, 0.6) is 0 Å². The molecule has 0 radical (unpaired) electrons. The molecule has 0 aromatic heterocycles. The number of hydrogen-bond donors (Lipinski definition) is 1. The van der Waals surface area contributed by atoms with E-state index in [0.717, 1.165) is 32.7 Å². The molecule has 14 heavy (non-hydrogen) atoms. The van der Waals surface area contributed by atoms with Crippen molar-refractivity contribution in [1.82, 2.24) is 5.32 Å². The zero-order valence-corrected chi connectivity index (χ0v) is 9.60. The van der Waals surface area contributed by atoms with Crippen LogP contribution in [0.2, 0.25) is 0 Å². The van der Waals surface area contributed by atoms with Crippen molar-refractivity contribution in [3.05, 3.63) is 0 Å². The van der Waals surface area contributed by atoms with E-state index in [2.05, 4.69) is 25.2 Å². The monoisotopic (exact) mass is 198 g/mol. The lowest BCUT2D eigenvalue weighted by atomic mass is 9.88. The highest BCUT2D eigenvalue weighted by Gasteiger charge is 2.16. The number of rotatable bonds is 8. The third-order valence-corrected chi connectivity index (χ3v) is 2.14. The van der Waals surface area contributed by atoms with Gasteiger partial charge in [0.25, 0.3) is 0 Å². The summed E-state index contributed by atoms with van der Waals surface area (Å²) in [5, 5.41) is 11.8. The maximum absolute atomic E-state index is 8.48. The van der Waals surface area contributed by atoms with Crippen LogP contribution in [0, 0.1) is 16.7 Å². The van der Waals surface area contributed by atoms with Crippen LogP contribution in [0.1, 0.15) is 33.6 Å². The summed E-state index contributed by atoms with van der Waals surface area (Å²) in [5.74, 6) is 0. The van der Waals surface area contributed by atoms with Crippen molar-refractivity contribution in [1.29, 1.82) is 5.26 Å². The molecule has 0 rings (SSSR count). The predicted octanol–water partition coefficient (Wildman–Crippen LogP) is 1.94. The second-order valence-corrected chi connectivity index (χ2v) is 4.20. The molecular weight excluding hydrogens is 176 g/mol. The van der Waals surface area contributed by atoms with Gasteiger partial charge in [0, 0.05) is 26.1 Å². The Morgan fingerprint density at radius 2 is 2.14 bits per heavy atom. The molecule has 0 fully saturated rings. The van der Waals surface area contributed by atoms with Gasteiger partial charge in [-0.2, -0.15) is 5.26 Å². The number of ether oxygens (including phenoxy) is 1. The summed E-state index contributed by atoms with van der Waals surface area (Å²) in [7, 11) is 0. The van der Waals surface area contributed by atoms with Gasteiger partial charge in [-0.15, -0.1) is 0 Å². The van der Waals surface area contributed by atoms with Crippen molar-refractivity contribution in [2.24, 2.45) is 5.41 Å². The SMILES string of the molecule is CCOCCNCC(C)(C)CCC#N. The first-order valence-electron chi connectivity index (χ1n) is 5.28. The summed E-state index contributed by atoms with van der Waals surface area (Å²) in [6.07, 6.45) is 1.59. The fourth-order valence-corrected chi connectivity index (χ4v) is 1.20. The van der Waals surface area contributed by atoms with Crippen LogP contribution >= 0.6 is 0 Å². The van der Waals surface area contributed by atoms with E-state index in [4.69, 9.17) is 10.00 Å². The first-order valence-corrected chi connectivity index (χ1v) is 5.28. The molecule has 0 aliphatic heterocycles. The molecule has 0 aliphatic rings. The Hall–Kier alpha value is -0.590. The van der Waals surface area contributed by atoms with Gasteiger partial charge in [-0.05, 0) is 18.8 Å². The molecule has 0 spiro atoms. The highest BCUT2D eigenvalue weighted by atomic mass is 16.5. The highest BCUT2D eigenvalue weighted by molar-refractivity contribution is 4.78. The molecule has 0 aromatic carbocycles. The normalized spacial score (nSPS) is 11.3. The second-order valence-electron chi connectivity index (χ2n) is 4.20. The molecule has 0 unspecified atom stereocenters. The smallest absolute Gasteiger partial charge is 0.0621 e. The van der Waals surface area contributed by atoms with Gasteiger partial charge >= 0.3 is 0 Å². The van der Waals surface area contributed by atoms with Gasteiger partial charge in [0.2, 0.25) is 0 Å². The van der Waals surface area contributed by atoms with Gasteiger partial charge in [-0.25, -0.2) is 0 Å². The van der Waals surface area contributed by atoms with E-state index < -0.39 is 0 Å². The molecule has 3 nitrogen and oxygen atoms in total. The zero-order chi connectivity index (χ0) is 10.9. The second kappa shape index (κ2) is 7.78. The minimum atomic E-state index is 0.210. The molecule has 82 valence electrons. The first-order chi connectivity index (χ1) is 6.62. The van der Waals surface area contributed by atoms with Crippen LogP contribution in [0.15, 0.2) is 0 Å². The standard InChI is InChI=1S/C11H22N2O/c1-4-14-9-8-13-10-11(2,3)6-5-7-12/h13H,4-6,8-10H2,1-3H3. The third kappa shape index (κ3) is 8.03. The molecule has 0 saturated heterocycles. The maximum Gasteiger partial charge on any atom is 0.0621 e. The molecule has 0 aromatic rings. The fraction of sp³-hybridized carbons (Fsp3) is 0.909. The van der Waals surface area contributed by atoms with Gasteiger partial charge in [0.1, 0.15) is 0 Å². The molecular formula is C11H22N2O. The van der Waals surface area contributed by atoms with Crippen LogP contribution in [-0.2, 0) is 4.74 Å². The minimum absolute atomic E-state index is 0.210. The summed E-state index contributed by atoms with van der Waals surface area (Å²) < 4.78 is 5.21. The molecule has 0 aliphatic carbocycles. The Labute approximate surface area is 87.4 Å². The molecule has 0 amide bonds. The van der Waals surface area contributed by atoms with Crippen molar-refractivity contribution in [3.63, 3.8) is 0 Å². The number of nitriles is 1.